The third-order valence-electron chi connectivity index (χ3n) is 14.7. The molecule has 5 aliphatic carbocycles. The van der Waals surface area contributed by atoms with E-state index in [2.05, 4.69) is 46.8 Å². The van der Waals surface area contributed by atoms with E-state index in [1.807, 2.05) is 37.3 Å². The second-order valence-corrected chi connectivity index (χ2v) is 17.5. The number of ketones is 1. The molecule has 1 heterocycles. The maximum atomic E-state index is 13.8. The minimum Gasteiger partial charge on any atom is -0.460 e. The van der Waals surface area contributed by atoms with Gasteiger partial charge in [0.25, 0.3) is 0 Å². The molecule has 0 N–H and O–H groups in total. The molecule has 6 atom stereocenters. The number of rotatable bonds is 4. The quantitative estimate of drug-likeness (QED) is 0.296. The molecule has 0 bridgehead atoms. The fourth-order valence-electron chi connectivity index (χ4n) is 11.0. The normalized spacial score (nSPS) is 36.0. The van der Waals surface area contributed by atoms with Crippen LogP contribution in [-0.4, -0.2) is 59.7 Å². The van der Waals surface area contributed by atoms with Crippen molar-refractivity contribution in [1.82, 2.24) is 9.80 Å². The Bertz CT molecular complexity index is 1800. The first-order chi connectivity index (χ1) is 24.0. The molecule has 2 amide bonds. The van der Waals surface area contributed by atoms with Gasteiger partial charge in [-0.2, -0.15) is 0 Å². The van der Waals surface area contributed by atoms with E-state index in [4.69, 9.17) is 9.47 Å². The third-order valence-corrected chi connectivity index (χ3v) is 14.7. The minimum atomic E-state index is -0.550. The summed E-state index contributed by atoms with van der Waals surface area (Å²) in [6, 6.07) is 9.92. The van der Waals surface area contributed by atoms with Crippen molar-refractivity contribution in [3.63, 3.8) is 0 Å². The molecule has 1 aliphatic heterocycles. The molecule has 8 nitrogen and oxygen atoms in total. The van der Waals surface area contributed by atoms with Crippen molar-refractivity contribution in [3.05, 3.63) is 82.2 Å². The largest absolute Gasteiger partial charge is 0.460 e. The summed E-state index contributed by atoms with van der Waals surface area (Å²) < 4.78 is 11.8. The first-order valence-corrected chi connectivity index (χ1v) is 18.9. The van der Waals surface area contributed by atoms with Crippen molar-refractivity contribution >= 4 is 23.8 Å². The van der Waals surface area contributed by atoms with Gasteiger partial charge in [0.05, 0.1) is 5.41 Å². The third kappa shape index (κ3) is 5.54. The van der Waals surface area contributed by atoms with Gasteiger partial charge in [-0.15, -0.1) is 0 Å². The van der Waals surface area contributed by atoms with Crippen molar-refractivity contribution in [3.8, 4) is 0 Å². The highest BCUT2D eigenvalue weighted by Gasteiger charge is 2.67. The Morgan fingerprint density at radius 1 is 0.843 bits per heavy atom. The van der Waals surface area contributed by atoms with E-state index in [-0.39, 0.29) is 45.1 Å². The lowest BCUT2D eigenvalue weighted by atomic mass is 9.34. The standard InChI is InChI=1S/C43H54N2O6/c1-28-31-13-14-34-41(5,32(31)25-33(47)36(28)51-38(49)45-23-21-44(22-24-45)29(2)46)18-20-43(7)35-26-40(4,16-15-39(35,3)17-19-42(34,43)6)37(48)50-27-30-11-9-8-10-12-30/h8-14,25,35H,15-24,26-27H2,1-7H3/t35-,39-,40-,41+,42-,43+/m1/s1. The van der Waals surface area contributed by atoms with Gasteiger partial charge in [0, 0.05) is 44.1 Å². The van der Waals surface area contributed by atoms with Gasteiger partial charge in [-0.1, -0.05) is 75.8 Å². The molecule has 0 radical (unpaired) electrons. The van der Waals surface area contributed by atoms with Crippen LogP contribution in [0.25, 0.3) is 0 Å². The number of benzene rings is 1. The Hall–Kier alpha value is -3.94. The molecular weight excluding hydrogens is 640 g/mol. The number of piperazine rings is 1. The average molecular weight is 695 g/mol. The van der Waals surface area contributed by atoms with Gasteiger partial charge < -0.3 is 19.3 Å². The second kappa shape index (κ2) is 12.3. The highest BCUT2D eigenvalue weighted by atomic mass is 16.6. The van der Waals surface area contributed by atoms with Crippen molar-refractivity contribution in [2.75, 3.05) is 26.2 Å². The highest BCUT2D eigenvalue weighted by Crippen LogP contribution is 2.75. The fraction of sp³-hybridized carbons (Fsp3) is 0.581. The zero-order valence-corrected chi connectivity index (χ0v) is 31.5. The molecule has 1 aromatic rings. The van der Waals surface area contributed by atoms with Crippen molar-refractivity contribution < 1.29 is 28.7 Å². The van der Waals surface area contributed by atoms with Gasteiger partial charge in [-0.25, -0.2) is 4.79 Å². The van der Waals surface area contributed by atoms with Crippen LogP contribution in [0.4, 0.5) is 4.79 Å². The molecule has 6 aliphatic rings. The smallest absolute Gasteiger partial charge is 0.415 e. The summed E-state index contributed by atoms with van der Waals surface area (Å²) in [4.78, 5) is 55.8. The zero-order valence-electron chi connectivity index (χ0n) is 31.5. The maximum Gasteiger partial charge on any atom is 0.415 e. The summed E-state index contributed by atoms with van der Waals surface area (Å²) >= 11 is 0. The molecule has 0 unspecified atom stereocenters. The van der Waals surface area contributed by atoms with E-state index in [0.29, 0.717) is 44.3 Å². The number of carbonyl (C=O) groups is 4. The SMILES string of the molecule is CC(=O)N1CCN(C(=O)OC2=C(C)C3=CC=C4[C@@](C)(CC[C@@]5(C)[C@@H]6C[C@](C)(C(=O)OCc7ccccc7)CC[C@]6(C)CC[C@]45C)C3=CC2=O)CC1. The van der Waals surface area contributed by atoms with Gasteiger partial charge >= 0.3 is 12.1 Å². The van der Waals surface area contributed by atoms with Crippen molar-refractivity contribution in [2.24, 2.45) is 33.0 Å². The van der Waals surface area contributed by atoms with Crippen molar-refractivity contribution in [1.29, 1.82) is 0 Å². The predicted octanol–water partition coefficient (Wildman–Crippen LogP) is 8.10. The fourth-order valence-corrected chi connectivity index (χ4v) is 11.0. The van der Waals surface area contributed by atoms with E-state index >= 15 is 0 Å². The zero-order chi connectivity index (χ0) is 36.6. The molecule has 1 saturated heterocycles. The van der Waals surface area contributed by atoms with Crippen LogP contribution in [0.1, 0.15) is 99.0 Å². The summed E-state index contributed by atoms with van der Waals surface area (Å²) in [5.74, 6) is 0.0595. The first-order valence-electron chi connectivity index (χ1n) is 18.9. The van der Waals surface area contributed by atoms with E-state index in [0.717, 1.165) is 61.7 Å². The number of ether oxygens (including phenoxy) is 2. The maximum absolute atomic E-state index is 13.8. The molecule has 8 heteroatoms. The Balaban J connectivity index is 1.15. The lowest BCUT2D eigenvalue weighted by Gasteiger charge is -2.70. The first kappa shape index (κ1) is 35.5. The summed E-state index contributed by atoms with van der Waals surface area (Å²) in [5.41, 5.74) is 4.15. The molecular formula is C43H54N2O6. The monoisotopic (exact) mass is 694 g/mol. The number of allylic oxidation sites excluding steroid dienone is 7. The van der Waals surface area contributed by atoms with Crippen LogP contribution >= 0.6 is 0 Å². The van der Waals surface area contributed by atoms with Crippen LogP contribution in [-0.2, 0) is 30.5 Å². The van der Waals surface area contributed by atoms with Gasteiger partial charge in [0.2, 0.25) is 11.7 Å². The molecule has 1 aromatic carbocycles. The molecule has 51 heavy (non-hydrogen) atoms. The number of fused-ring (bicyclic) bond motifs is 7. The molecule has 0 spiro atoms. The van der Waals surface area contributed by atoms with Crippen molar-refractivity contribution in [2.45, 2.75) is 100 Å². The predicted molar refractivity (Wildman–Crippen MR) is 195 cm³/mol. The summed E-state index contributed by atoms with van der Waals surface area (Å²) in [7, 11) is 0. The summed E-state index contributed by atoms with van der Waals surface area (Å²) in [6.45, 7) is 17.2. The van der Waals surface area contributed by atoms with Crippen LogP contribution < -0.4 is 0 Å². The molecule has 3 saturated carbocycles. The van der Waals surface area contributed by atoms with Gasteiger partial charge in [-0.3, -0.25) is 14.4 Å². The molecule has 4 fully saturated rings. The van der Waals surface area contributed by atoms with Gasteiger partial charge in [-0.05, 0) is 104 Å². The number of amides is 2. The number of carbonyl (C=O) groups excluding carboxylic acids is 4. The minimum absolute atomic E-state index is 0.0116. The average Bonchev–Trinajstić information content (AvgIpc) is 3.11. The van der Waals surface area contributed by atoms with Crippen LogP contribution in [0.3, 0.4) is 0 Å². The Labute approximate surface area is 303 Å². The van der Waals surface area contributed by atoms with E-state index in [9.17, 15) is 19.2 Å². The molecule has 0 aromatic heterocycles. The van der Waals surface area contributed by atoms with Crippen LogP contribution in [0.2, 0.25) is 0 Å². The lowest BCUT2D eigenvalue weighted by Crippen LogP contribution is -2.62. The Kier molecular flexibility index (Phi) is 8.58. The molecule has 7 rings (SSSR count). The number of nitrogens with zero attached hydrogens (tertiary/aromatic N) is 2. The number of hydrogen-bond acceptors (Lipinski definition) is 6. The van der Waals surface area contributed by atoms with Crippen LogP contribution in [0.5, 0.6) is 0 Å². The number of esters is 1. The highest BCUT2D eigenvalue weighted by molar-refractivity contribution is 6.08. The van der Waals surface area contributed by atoms with E-state index < -0.39 is 11.5 Å². The lowest BCUT2D eigenvalue weighted by molar-refractivity contribution is -0.183. The number of hydrogen-bond donors (Lipinski definition) is 0. The van der Waals surface area contributed by atoms with E-state index in [1.165, 1.54) is 12.5 Å². The Morgan fingerprint density at radius 3 is 2.20 bits per heavy atom. The van der Waals surface area contributed by atoms with Crippen LogP contribution in [0.15, 0.2) is 76.6 Å². The Morgan fingerprint density at radius 2 is 1.51 bits per heavy atom. The van der Waals surface area contributed by atoms with E-state index in [1.54, 1.807) is 15.9 Å². The molecule has 272 valence electrons. The summed E-state index contributed by atoms with van der Waals surface area (Å²) in [5, 5.41) is 0. The second-order valence-electron chi connectivity index (χ2n) is 17.5. The van der Waals surface area contributed by atoms with Gasteiger partial charge in [0.1, 0.15) is 6.61 Å². The topological polar surface area (TPSA) is 93.2 Å². The van der Waals surface area contributed by atoms with Gasteiger partial charge in [0.15, 0.2) is 5.76 Å². The summed E-state index contributed by atoms with van der Waals surface area (Å²) in [6.07, 6.45) is 12.3. The van der Waals surface area contributed by atoms with Crippen LogP contribution in [0, 0.1) is 33.0 Å².